The normalized spacial score (nSPS) is 31.2. The molecule has 2 nitrogen and oxygen atoms in total. The number of aromatic amines is 1. The molecule has 100 valence electrons. The Balaban J connectivity index is 1.83. The van der Waals surface area contributed by atoms with Crippen LogP contribution < -0.4 is 0 Å². The molecule has 0 unspecified atom stereocenters. The second kappa shape index (κ2) is 4.11. The molecular formula is C17H22N2. The Morgan fingerprint density at radius 2 is 2.00 bits per heavy atom. The molecule has 0 aliphatic carbocycles. The monoisotopic (exact) mass is 254 g/mol. The average molecular weight is 254 g/mol. The Morgan fingerprint density at radius 3 is 2.89 bits per heavy atom. The molecule has 2 aliphatic heterocycles. The number of para-hydroxylation sites is 1. The van der Waals surface area contributed by atoms with Gasteiger partial charge in [-0.2, -0.15) is 0 Å². The van der Waals surface area contributed by atoms with Gasteiger partial charge in [0.2, 0.25) is 0 Å². The van der Waals surface area contributed by atoms with Gasteiger partial charge in [0.1, 0.15) is 0 Å². The Morgan fingerprint density at radius 1 is 1.16 bits per heavy atom. The van der Waals surface area contributed by atoms with Crippen LogP contribution >= 0.6 is 0 Å². The number of hydrogen-bond donors (Lipinski definition) is 1. The van der Waals surface area contributed by atoms with E-state index in [2.05, 4.69) is 48.0 Å². The van der Waals surface area contributed by atoms with Crippen molar-refractivity contribution < 1.29 is 0 Å². The van der Waals surface area contributed by atoms with E-state index in [4.69, 9.17) is 0 Å². The maximum Gasteiger partial charge on any atom is 0.0504 e. The summed E-state index contributed by atoms with van der Waals surface area (Å²) in [5.74, 6) is 0.835. The minimum absolute atomic E-state index is 0.627. The van der Waals surface area contributed by atoms with Crippen LogP contribution in [0, 0.1) is 5.92 Å². The third-order valence-corrected chi connectivity index (χ3v) is 5.44. The summed E-state index contributed by atoms with van der Waals surface area (Å²) in [5.41, 5.74) is 4.41. The number of H-pyrrole nitrogens is 1. The van der Waals surface area contributed by atoms with Crippen LogP contribution in [0.5, 0.6) is 0 Å². The van der Waals surface area contributed by atoms with Crippen molar-refractivity contribution in [3.05, 3.63) is 35.5 Å². The van der Waals surface area contributed by atoms with Crippen LogP contribution in [0.3, 0.4) is 0 Å². The van der Waals surface area contributed by atoms with Crippen molar-refractivity contribution in [2.45, 2.75) is 45.2 Å². The highest BCUT2D eigenvalue weighted by atomic mass is 15.2. The minimum atomic E-state index is 0.627. The zero-order valence-electron chi connectivity index (χ0n) is 11.8. The SMILES string of the molecule is C[C@@H]1[C@@H](C)CC[C@@H]2c3[nH]c4ccccc4c3CCN21. The molecule has 1 aromatic carbocycles. The quantitative estimate of drug-likeness (QED) is 0.756. The van der Waals surface area contributed by atoms with Gasteiger partial charge in [0.25, 0.3) is 0 Å². The van der Waals surface area contributed by atoms with Gasteiger partial charge in [0.05, 0.1) is 6.04 Å². The number of fused-ring (bicyclic) bond motifs is 5. The Kier molecular flexibility index (Phi) is 2.49. The lowest BCUT2D eigenvalue weighted by Crippen LogP contribution is -2.47. The van der Waals surface area contributed by atoms with Gasteiger partial charge in [-0.15, -0.1) is 0 Å². The fourth-order valence-electron chi connectivity index (χ4n) is 4.12. The Labute approximate surface area is 114 Å². The zero-order valence-corrected chi connectivity index (χ0v) is 11.8. The van der Waals surface area contributed by atoms with Crippen molar-refractivity contribution >= 4 is 10.9 Å². The molecule has 0 radical (unpaired) electrons. The largest absolute Gasteiger partial charge is 0.357 e. The van der Waals surface area contributed by atoms with Crippen molar-refractivity contribution in [1.29, 1.82) is 0 Å². The van der Waals surface area contributed by atoms with E-state index in [1.807, 2.05) is 0 Å². The van der Waals surface area contributed by atoms with Gasteiger partial charge in [-0.3, -0.25) is 4.90 Å². The van der Waals surface area contributed by atoms with Gasteiger partial charge < -0.3 is 4.98 Å². The first-order valence-corrected chi connectivity index (χ1v) is 7.61. The van der Waals surface area contributed by atoms with Crippen LogP contribution in [-0.4, -0.2) is 22.5 Å². The maximum atomic E-state index is 3.71. The van der Waals surface area contributed by atoms with Crippen molar-refractivity contribution in [1.82, 2.24) is 9.88 Å². The van der Waals surface area contributed by atoms with Gasteiger partial charge >= 0.3 is 0 Å². The zero-order chi connectivity index (χ0) is 13.0. The maximum absolute atomic E-state index is 3.71. The average Bonchev–Trinajstić information content (AvgIpc) is 2.81. The van der Waals surface area contributed by atoms with E-state index in [1.54, 1.807) is 5.56 Å². The van der Waals surface area contributed by atoms with Crippen LogP contribution in [0.25, 0.3) is 10.9 Å². The summed E-state index contributed by atoms with van der Waals surface area (Å²) < 4.78 is 0. The first-order chi connectivity index (χ1) is 9.25. The van der Waals surface area contributed by atoms with E-state index in [9.17, 15) is 0 Å². The highest BCUT2D eigenvalue weighted by Gasteiger charge is 2.37. The second-order valence-corrected chi connectivity index (χ2v) is 6.36. The smallest absolute Gasteiger partial charge is 0.0504 e. The van der Waals surface area contributed by atoms with E-state index in [-0.39, 0.29) is 0 Å². The first-order valence-electron chi connectivity index (χ1n) is 7.61. The van der Waals surface area contributed by atoms with Crippen molar-refractivity contribution in [3.63, 3.8) is 0 Å². The molecule has 1 fully saturated rings. The molecule has 1 aromatic heterocycles. The topological polar surface area (TPSA) is 19.0 Å². The predicted molar refractivity (Wildman–Crippen MR) is 79.3 cm³/mol. The number of hydrogen-bond acceptors (Lipinski definition) is 1. The summed E-state index contributed by atoms with van der Waals surface area (Å²) >= 11 is 0. The molecule has 1 N–H and O–H groups in total. The molecule has 4 rings (SSSR count). The molecule has 0 bridgehead atoms. The number of benzene rings is 1. The summed E-state index contributed by atoms with van der Waals surface area (Å²) in [6.07, 6.45) is 3.87. The van der Waals surface area contributed by atoms with Gasteiger partial charge in [0.15, 0.2) is 0 Å². The standard InChI is InChI=1S/C17H22N2/c1-11-7-8-16-17-14(9-10-19(16)12(11)2)13-5-3-4-6-15(13)18-17/h3-6,11-12,16,18H,7-10H2,1-2H3/t11-,12+,16+/m0/s1. The Bertz CT molecular complexity index is 613. The van der Waals surface area contributed by atoms with Crippen molar-refractivity contribution in [2.24, 2.45) is 5.92 Å². The fraction of sp³-hybridized carbons (Fsp3) is 0.529. The van der Waals surface area contributed by atoms with Crippen LogP contribution in [0.2, 0.25) is 0 Å². The van der Waals surface area contributed by atoms with E-state index < -0.39 is 0 Å². The van der Waals surface area contributed by atoms with Crippen molar-refractivity contribution in [3.8, 4) is 0 Å². The summed E-state index contributed by atoms with van der Waals surface area (Å²) in [7, 11) is 0. The molecule has 0 spiro atoms. The molecule has 19 heavy (non-hydrogen) atoms. The summed E-state index contributed by atoms with van der Waals surface area (Å²) in [5, 5.41) is 1.45. The molecular weight excluding hydrogens is 232 g/mol. The molecule has 2 aromatic rings. The molecule has 2 heteroatoms. The van der Waals surface area contributed by atoms with Crippen LogP contribution in [-0.2, 0) is 6.42 Å². The van der Waals surface area contributed by atoms with Crippen LogP contribution in [0.4, 0.5) is 0 Å². The Hall–Kier alpha value is -1.28. The number of aromatic nitrogens is 1. The van der Waals surface area contributed by atoms with Gasteiger partial charge in [-0.1, -0.05) is 25.1 Å². The molecule has 3 atom stereocenters. The van der Waals surface area contributed by atoms with E-state index in [1.165, 1.54) is 42.4 Å². The molecule has 1 saturated heterocycles. The number of rotatable bonds is 0. The molecule has 2 aliphatic rings. The lowest BCUT2D eigenvalue weighted by Gasteiger charge is -2.46. The van der Waals surface area contributed by atoms with E-state index in [0.29, 0.717) is 6.04 Å². The van der Waals surface area contributed by atoms with Crippen LogP contribution in [0.15, 0.2) is 24.3 Å². The highest BCUT2D eigenvalue weighted by molar-refractivity contribution is 5.85. The summed E-state index contributed by atoms with van der Waals surface area (Å²) in [6, 6.07) is 10.1. The van der Waals surface area contributed by atoms with Gasteiger partial charge in [-0.05, 0) is 43.7 Å². The number of piperidine rings is 1. The predicted octanol–water partition coefficient (Wildman–Crippen LogP) is 3.89. The fourth-order valence-corrected chi connectivity index (χ4v) is 4.12. The van der Waals surface area contributed by atoms with Gasteiger partial charge in [-0.25, -0.2) is 0 Å². The minimum Gasteiger partial charge on any atom is -0.357 e. The molecule has 0 amide bonds. The molecule has 0 saturated carbocycles. The van der Waals surface area contributed by atoms with Crippen LogP contribution in [0.1, 0.15) is 44.0 Å². The molecule has 3 heterocycles. The lowest BCUT2D eigenvalue weighted by atomic mass is 9.83. The number of nitrogens with zero attached hydrogens (tertiary/aromatic N) is 1. The van der Waals surface area contributed by atoms with E-state index >= 15 is 0 Å². The number of nitrogens with one attached hydrogen (secondary N) is 1. The summed E-state index contributed by atoms with van der Waals surface area (Å²) in [6.45, 7) is 6.04. The lowest BCUT2D eigenvalue weighted by molar-refractivity contribution is 0.0463. The van der Waals surface area contributed by atoms with E-state index in [0.717, 1.165) is 12.0 Å². The summed E-state index contributed by atoms with van der Waals surface area (Å²) in [4.78, 5) is 6.44. The first kappa shape index (κ1) is 11.5. The third-order valence-electron chi connectivity index (χ3n) is 5.44. The van der Waals surface area contributed by atoms with Gasteiger partial charge in [0, 0.05) is 29.2 Å². The third kappa shape index (κ3) is 1.59. The van der Waals surface area contributed by atoms with Crippen molar-refractivity contribution in [2.75, 3.05) is 6.54 Å². The second-order valence-electron chi connectivity index (χ2n) is 6.36. The highest BCUT2D eigenvalue weighted by Crippen LogP contribution is 2.42.